The second-order valence-electron chi connectivity index (χ2n) is 6.73. The summed E-state index contributed by atoms with van der Waals surface area (Å²) < 4.78 is 0. The summed E-state index contributed by atoms with van der Waals surface area (Å²) in [6, 6.07) is 11.5. The van der Waals surface area contributed by atoms with Crippen LogP contribution in [0.3, 0.4) is 0 Å². The Morgan fingerprint density at radius 2 is 2.04 bits per heavy atom. The van der Waals surface area contributed by atoms with E-state index in [2.05, 4.69) is 17.1 Å². The lowest BCUT2D eigenvalue weighted by molar-refractivity contribution is 0.102. The molecule has 0 saturated carbocycles. The Morgan fingerprint density at radius 1 is 1.24 bits per heavy atom. The van der Waals surface area contributed by atoms with E-state index in [-0.39, 0.29) is 5.91 Å². The number of nitrogens with zero attached hydrogens (tertiary/aromatic N) is 1. The van der Waals surface area contributed by atoms with E-state index in [1.54, 1.807) is 12.1 Å². The highest BCUT2D eigenvalue weighted by atomic mass is 35.5. The number of benzene rings is 2. The molecular weight excluding hydrogens is 334 g/mol. The second kappa shape index (κ2) is 7.36. The van der Waals surface area contributed by atoms with Crippen LogP contribution in [0.5, 0.6) is 0 Å². The number of rotatable bonds is 3. The maximum Gasteiger partial charge on any atom is 0.255 e. The predicted molar refractivity (Wildman–Crippen MR) is 106 cm³/mol. The van der Waals surface area contributed by atoms with Crippen LogP contribution in [0.4, 0.5) is 17.1 Å². The fourth-order valence-corrected chi connectivity index (χ4v) is 3.47. The average Bonchev–Trinajstić information content (AvgIpc) is 2.58. The first-order valence-corrected chi connectivity index (χ1v) is 9.07. The number of halogens is 1. The molecule has 0 bridgehead atoms. The van der Waals surface area contributed by atoms with Crippen molar-refractivity contribution in [2.45, 2.75) is 39.2 Å². The molecule has 3 rings (SSSR count). The highest BCUT2D eigenvalue weighted by Gasteiger charge is 2.22. The van der Waals surface area contributed by atoms with Crippen molar-refractivity contribution in [3.05, 3.63) is 52.5 Å². The largest absolute Gasteiger partial charge is 0.399 e. The zero-order chi connectivity index (χ0) is 18.0. The molecule has 1 saturated heterocycles. The highest BCUT2D eigenvalue weighted by molar-refractivity contribution is 6.31. The first kappa shape index (κ1) is 17.6. The monoisotopic (exact) mass is 357 g/mol. The van der Waals surface area contributed by atoms with E-state index in [9.17, 15) is 4.79 Å². The van der Waals surface area contributed by atoms with Crippen LogP contribution in [0.25, 0.3) is 0 Å². The van der Waals surface area contributed by atoms with Crippen molar-refractivity contribution in [1.29, 1.82) is 0 Å². The third kappa shape index (κ3) is 3.90. The molecule has 25 heavy (non-hydrogen) atoms. The molecule has 1 aliphatic rings. The summed E-state index contributed by atoms with van der Waals surface area (Å²) in [6.45, 7) is 5.13. The predicted octanol–water partition coefficient (Wildman–Crippen LogP) is 4.86. The Bertz CT molecular complexity index is 791. The molecule has 2 aromatic rings. The highest BCUT2D eigenvalue weighted by Crippen LogP contribution is 2.33. The van der Waals surface area contributed by atoms with E-state index in [0.29, 0.717) is 22.3 Å². The van der Waals surface area contributed by atoms with Gasteiger partial charge in [-0.25, -0.2) is 0 Å². The summed E-state index contributed by atoms with van der Waals surface area (Å²) in [5, 5.41) is 3.60. The van der Waals surface area contributed by atoms with Crippen LogP contribution in [0.1, 0.15) is 42.1 Å². The Balaban J connectivity index is 1.89. The van der Waals surface area contributed by atoms with Crippen molar-refractivity contribution in [3.8, 4) is 0 Å². The van der Waals surface area contributed by atoms with E-state index >= 15 is 0 Å². The van der Waals surface area contributed by atoms with E-state index in [4.69, 9.17) is 17.3 Å². The molecule has 0 aromatic heterocycles. The van der Waals surface area contributed by atoms with Crippen molar-refractivity contribution in [2.75, 3.05) is 22.5 Å². The molecule has 2 aromatic carbocycles. The SMILES string of the molecule is Cc1ccc(C(=O)Nc2cc(N)ccc2N2CCCCC2C)cc1Cl. The zero-order valence-corrected chi connectivity index (χ0v) is 15.4. The number of nitrogen functional groups attached to an aromatic ring is 1. The first-order chi connectivity index (χ1) is 12.0. The number of piperidine rings is 1. The number of carbonyl (C=O) groups excluding carboxylic acids is 1. The molecule has 1 fully saturated rings. The molecule has 0 spiro atoms. The molecule has 1 unspecified atom stereocenters. The number of nitrogens with two attached hydrogens (primary N) is 1. The number of aryl methyl sites for hydroxylation is 1. The molecule has 1 atom stereocenters. The van der Waals surface area contributed by atoms with Gasteiger partial charge in [-0.2, -0.15) is 0 Å². The average molecular weight is 358 g/mol. The van der Waals surface area contributed by atoms with Gasteiger partial charge >= 0.3 is 0 Å². The number of carbonyl (C=O) groups is 1. The van der Waals surface area contributed by atoms with Crippen LogP contribution in [0.2, 0.25) is 5.02 Å². The van der Waals surface area contributed by atoms with Crippen LogP contribution >= 0.6 is 11.6 Å². The Kier molecular flexibility index (Phi) is 5.19. The number of amides is 1. The first-order valence-electron chi connectivity index (χ1n) is 8.69. The minimum Gasteiger partial charge on any atom is -0.399 e. The number of hydrogen-bond donors (Lipinski definition) is 2. The van der Waals surface area contributed by atoms with E-state index in [1.807, 2.05) is 31.2 Å². The Labute approximate surface area is 154 Å². The summed E-state index contributed by atoms with van der Waals surface area (Å²) in [6.07, 6.45) is 3.57. The third-order valence-corrected chi connectivity index (χ3v) is 5.22. The topological polar surface area (TPSA) is 58.4 Å². The maximum absolute atomic E-state index is 12.7. The van der Waals surface area contributed by atoms with E-state index in [0.717, 1.165) is 36.3 Å². The molecule has 0 aliphatic carbocycles. The standard InChI is InChI=1S/C20H24ClN3O/c1-13-6-7-15(11-17(13)21)20(25)23-18-12-16(22)8-9-19(18)24-10-4-3-5-14(24)2/h6-9,11-12,14H,3-5,10,22H2,1-2H3,(H,23,25). The van der Waals surface area contributed by atoms with Gasteiger partial charge in [0.1, 0.15) is 0 Å². The van der Waals surface area contributed by atoms with Gasteiger partial charge in [-0.05, 0) is 69.0 Å². The molecule has 3 N–H and O–H groups in total. The van der Waals surface area contributed by atoms with Crippen molar-refractivity contribution in [3.63, 3.8) is 0 Å². The Morgan fingerprint density at radius 3 is 2.76 bits per heavy atom. The van der Waals surface area contributed by atoms with Crippen LogP contribution in [0, 0.1) is 6.92 Å². The van der Waals surface area contributed by atoms with Gasteiger partial charge in [0, 0.05) is 28.9 Å². The van der Waals surface area contributed by atoms with E-state index in [1.165, 1.54) is 6.42 Å². The summed E-state index contributed by atoms with van der Waals surface area (Å²) >= 11 is 6.15. The molecular formula is C20H24ClN3O. The lowest BCUT2D eigenvalue weighted by Gasteiger charge is -2.36. The molecule has 1 aliphatic heterocycles. The second-order valence-corrected chi connectivity index (χ2v) is 7.14. The molecule has 5 heteroatoms. The van der Waals surface area contributed by atoms with Crippen LogP contribution < -0.4 is 16.0 Å². The fraction of sp³-hybridized carbons (Fsp3) is 0.350. The molecule has 4 nitrogen and oxygen atoms in total. The number of nitrogens with one attached hydrogen (secondary N) is 1. The quantitative estimate of drug-likeness (QED) is 0.771. The van der Waals surface area contributed by atoms with Gasteiger partial charge in [0.15, 0.2) is 0 Å². The summed E-state index contributed by atoms with van der Waals surface area (Å²) in [7, 11) is 0. The van der Waals surface area contributed by atoms with Gasteiger partial charge in [-0.15, -0.1) is 0 Å². The van der Waals surface area contributed by atoms with Gasteiger partial charge < -0.3 is 16.0 Å². The normalized spacial score (nSPS) is 17.4. The van der Waals surface area contributed by atoms with Crippen molar-refractivity contribution >= 4 is 34.6 Å². The summed E-state index contributed by atoms with van der Waals surface area (Å²) in [5.41, 5.74) is 9.84. The van der Waals surface area contributed by atoms with Crippen molar-refractivity contribution in [2.24, 2.45) is 0 Å². The number of anilines is 3. The summed E-state index contributed by atoms with van der Waals surface area (Å²) in [4.78, 5) is 15.0. The van der Waals surface area contributed by atoms with E-state index < -0.39 is 0 Å². The van der Waals surface area contributed by atoms with Gasteiger partial charge in [0.05, 0.1) is 11.4 Å². The van der Waals surface area contributed by atoms with Gasteiger partial charge in [-0.1, -0.05) is 17.7 Å². The molecule has 0 radical (unpaired) electrons. The minimum absolute atomic E-state index is 0.182. The molecule has 132 valence electrons. The third-order valence-electron chi connectivity index (χ3n) is 4.82. The van der Waals surface area contributed by atoms with Gasteiger partial charge in [-0.3, -0.25) is 4.79 Å². The lowest BCUT2D eigenvalue weighted by Crippen LogP contribution is -2.38. The lowest BCUT2D eigenvalue weighted by atomic mass is 10.0. The minimum atomic E-state index is -0.182. The van der Waals surface area contributed by atoms with Crippen molar-refractivity contribution in [1.82, 2.24) is 0 Å². The summed E-state index contributed by atoms with van der Waals surface area (Å²) in [5.74, 6) is -0.182. The molecule has 1 amide bonds. The van der Waals surface area contributed by atoms with Crippen LogP contribution in [-0.4, -0.2) is 18.5 Å². The molecule has 1 heterocycles. The zero-order valence-electron chi connectivity index (χ0n) is 14.7. The smallest absolute Gasteiger partial charge is 0.255 e. The van der Waals surface area contributed by atoms with Crippen molar-refractivity contribution < 1.29 is 4.79 Å². The number of hydrogen-bond acceptors (Lipinski definition) is 3. The van der Waals surface area contributed by atoms with Gasteiger partial charge in [0.25, 0.3) is 5.91 Å². The Hall–Kier alpha value is -2.20. The fourth-order valence-electron chi connectivity index (χ4n) is 3.29. The van der Waals surface area contributed by atoms with Crippen LogP contribution in [-0.2, 0) is 0 Å². The van der Waals surface area contributed by atoms with Gasteiger partial charge in [0.2, 0.25) is 0 Å². The van der Waals surface area contributed by atoms with Crippen LogP contribution in [0.15, 0.2) is 36.4 Å². The maximum atomic E-state index is 12.7.